The number of nitrogens with one attached hydrogen (secondary N) is 1. The van der Waals surface area contributed by atoms with E-state index in [2.05, 4.69) is 39.9 Å². The Labute approximate surface area is 213 Å². The van der Waals surface area contributed by atoms with Gasteiger partial charge in [0.1, 0.15) is 21.5 Å². The molecule has 1 saturated heterocycles. The van der Waals surface area contributed by atoms with Crippen molar-refractivity contribution in [2.75, 3.05) is 32.9 Å². The second kappa shape index (κ2) is 8.85. The van der Waals surface area contributed by atoms with Gasteiger partial charge in [0.05, 0.1) is 23.3 Å². The lowest BCUT2D eigenvalue weighted by Gasteiger charge is -2.43. The summed E-state index contributed by atoms with van der Waals surface area (Å²) >= 11 is 0. The van der Waals surface area contributed by atoms with Crippen LogP contribution in [0.25, 0.3) is 10.9 Å². The second-order valence-corrected chi connectivity index (χ2v) is 12.6. The number of H-pyrrole nitrogens is 1. The first kappa shape index (κ1) is 23.9. The van der Waals surface area contributed by atoms with Gasteiger partial charge >= 0.3 is 0 Å². The second-order valence-electron chi connectivity index (χ2n) is 11.1. The number of halogens is 2. The molecule has 0 radical (unpaired) electrons. The van der Waals surface area contributed by atoms with Gasteiger partial charge in [0.15, 0.2) is 0 Å². The lowest BCUT2D eigenvalue weighted by molar-refractivity contribution is 0.0668. The van der Waals surface area contributed by atoms with E-state index in [9.17, 15) is 8.60 Å². The molecule has 3 aliphatic rings. The highest BCUT2D eigenvalue weighted by molar-refractivity contribution is 8.01. The molecule has 4 heterocycles. The van der Waals surface area contributed by atoms with E-state index in [0.29, 0.717) is 31.2 Å². The van der Waals surface area contributed by atoms with Crippen molar-refractivity contribution in [3.8, 4) is 0 Å². The third kappa shape index (κ3) is 4.13. The monoisotopic (exact) mass is 510 g/mol. The van der Waals surface area contributed by atoms with Crippen LogP contribution < -0.4 is 0 Å². The van der Waals surface area contributed by atoms with Crippen molar-refractivity contribution >= 4 is 32.4 Å². The lowest BCUT2D eigenvalue weighted by Crippen LogP contribution is -2.49. The van der Waals surface area contributed by atoms with Crippen molar-refractivity contribution < 1.29 is 13.0 Å². The van der Waals surface area contributed by atoms with Crippen LogP contribution in [0.15, 0.2) is 52.4 Å². The van der Waals surface area contributed by atoms with E-state index in [1.165, 1.54) is 10.9 Å². The topological polar surface area (TPSA) is 51.7 Å². The van der Waals surface area contributed by atoms with E-state index < -0.39 is 16.5 Å². The SMILES string of the molecule is C[C@@H]1Cc2c([nH]c3ccccc23)[C@@H](c2ccc3c(c2)N=C(CN2CC(CF)C2)S3=O)N1CC(C)(C)F. The summed E-state index contributed by atoms with van der Waals surface area (Å²) in [7, 11) is -1.31. The normalized spacial score (nSPS) is 25.0. The van der Waals surface area contributed by atoms with Gasteiger partial charge in [0, 0.05) is 54.7 Å². The molecule has 3 atom stereocenters. The molecule has 1 aromatic heterocycles. The molecule has 0 bridgehead atoms. The van der Waals surface area contributed by atoms with Crippen LogP contribution >= 0.6 is 0 Å². The molecule has 3 aliphatic heterocycles. The van der Waals surface area contributed by atoms with E-state index >= 15 is 4.39 Å². The first-order chi connectivity index (χ1) is 17.2. The smallest absolute Gasteiger partial charge is 0.124 e. The van der Waals surface area contributed by atoms with Gasteiger partial charge in [-0.15, -0.1) is 0 Å². The molecule has 0 saturated carbocycles. The molecule has 0 amide bonds. The third-order valence-electron chi connectivity index (χ3n) is 7.64. The Morgan fingerprint density at radius 1 is 1.19 bits per heavy atom. The molecule has 0 spiro atoms. The first-order valence-corrected chi connectivity index (χ1v) is 13.8. The number of hydrogen-bond acceptors (Lipinski definition) is 4. The number of rotatable bonds is 6. The van der Waals surface area contributed by atoms with Crippen LogP contribution in [0.1, 0.15) is 43.6 Å². The quantitative estimate of drug-likeness (QED) is 0.489. The van der Waals surface area contributed by atoms with Crippen LogP contribution in [0.3, 0.4) is 0 Å². The van der Waals surface area contributed by atoms with Gasteiger partial charge in [-0.25, -0.2) is 13.6 Å². The third-order valence-corrected chi connectivity index (χ3v) is 9.04. The minimum absolute atomic E-state index is 0.0824. The van der Waals surface area contributed by atoms with Crippen LogP contribution in [0.4, 0.5) is 14.5 Å². The Hall–Kier alpha value is -2.42. The molecule has 1 fully saturated rings. The van der Waals surface area contributed by atoms with E-state index in [1.807, 2.05) is 24.3 Å². The number of aromatic amines is 1. The highest BCUT2D eigenvalue weighted by Crippen LogP contribution is 2.43. The summed E-state index contributed by atoms with van der Waals surface area (Å²) in [6.45, 7) is 7.29. The molecule has 8 heteroatoms. The summed E-state index contributed by atoms with van der Waals surface area (Å²) in [6, 6.07) is 14.3. The van der Waals surface area contributed by atoms with Crippen LogP contribution in [-0.2, 0) is 17.2 Å². The minimum atomic E-state index is -1.35. The average molecular weight is 511 g/mol. The zero-order valence-corrected chi connectivity index (χ0v) is 21.7. The summed E-state index contributed by atoms with van der Waals surface area (Å²) in [5.41, 5.74) is 3.85. The standard InChI is InChI=1S/C28H32F2N4OS/c1-17-10-21-20-6-4-5-7-22(20)32-26(21)27(34(17)16-28(2,3)30)19-8-9-24-23(11-19)31-25(36(24)35)15-33-13-18(12-29)14-33/h4-9,11,17-18,27,32H,10,12-16H2,1-3H3/t17-,27-,36?/m1/s1. The van der Waals surface area contributed by atoms with Gasteiger partial charge < -0.3 is 4.98 Å². The highest BCUT2D eigenvalue weighted by Gasteiger charge is 2.39. The number of aliphatic imine (C=N–C) groups is 1. The number of hydrogen-bond donors (Lipinski definition) is 1. The van der Waals surface area contributed by atoms with Crippen molar-refractivity contribution in [2.24, 2.45) is 10.9 Å². The summed E-state index contributed by atoms with van der Waals surface area (Å²) in [5, 5.41) is 1.84. The molecule has 3 aromatic rings. The van der Waals surface area contributed by atoms with E-state index in [1.54, 1.807) is 13.8 Å². The Morgan fingerprint density at radius 3 is 2.72 bits per heavy atom. The van der Waals surface area contributed by atoms with Crippen LogP contribution in [-0.4, -0.2) is 68.6 Å². The van der Waals surface area contributed by atoms with Gasteiger partial charge in [-0.2, -0.15) is 0 Å². The fraction of sp³-hybridized carbons (Fsp3) is 0.464. The summed E-state index contributed by atoms with van der Waals surface area (Å²) in [4.78, 5) is 13.5. The maximum absolute atomic E-state index is 15.0. The van der Waals surface area contributed by atoms with Crippen LogP contribution in [0, 0.1) is 5.92 Å². The molecular weight excluding hydrogens is 478 g/mol. The fourth-order valence-electron chi connectivity index (χ4n) is 5.99. The molecule has 6 rings (SSSR count). The molecule has 36 heavy (non-hydrogen) atoms. The van der Waals surface area contributed by atoms with Gasteiger partial charge in [-0.3, -0.25) is 14.2 Å². The number of benzene rings is 2. The number of likely N-dealkylation sites (tertiary alicyclic amines) is 1. The molecule has 1 unspecified atom stereocenters. The highest BCUT2D eigenvalue weighted by atomic mass is 32.2. The Morgan fingerprint density at radius 2 is 1.97 bits per heavy atom. The molecular formula is C28H32F2N4OS. The minimum Gasteiger partial charge on any atom is -0.357 e. The zero-order valence-electron chi connectivity index (χ0n) is 20.9. The van der Waals surface area contributed by atoms with E-state index in [0.717, 1.165) is 33.8 Å². The average Bonchev–Trinajstić information content (AvgIpc) is 3.32. The summed E-state index contributed by atoms with van der Waals surface area (Å²) in [5.74, 6) is 0.0824. The van der Waals surface area contributed by atoms with Crippen LogP contribution in [0.5, 0.6) is 0 Å². The Balaban J connectivity index is 1.39. The van der Waals surface area contributed by atoms with Crippen molar-refractivity contribution in [1.29, 1.82) is 0 Å². The Kier molecular flexibility index (Phi) is 5.89. The Bertz CT molecular complexity index is 1370. The van der Waals surface area contributed by atoms with E-state index in [4.69, 9.17) is 4.99 Å². The van der Waals surface area contributed by atoms with Gasteiger partial charge in [-0.1, -0.05) is 24.3 Å². The maximum Gasteiger partial charge on any atom is 0.124 e. The predicted molar refractivity (Wildman–Crippen MR) is 141 cm³/mol. The van der Waals surface area contributed by atoms with Crippen molar-refractivity contribution in [3.63, 3.8) is 0 Å². The van der Waals surface area contributed by atoms with Crippen molar-refractivity contribution in [1.82, 2.24) is 14.8 Å². The number of para-hydroxylation sites is 1. The molecule has 1 N–H and O–H groups in total. The number of fused-ring (bicyclic) bond motifs is 4. The number of alkyl halides is 2. The largest absolute Gasteiger partial charge is 0.357 e. The summed E-state index contributed by atoms with van der Waals surface area (Å²) in [6.07, 6.45) is 0.846. The number of aromatic nitrogens is 1. The van der Waals surface area contributed by atoms with Crippen LogP contribution in [0.2, 0.25) is 0 Å². The predicted octanol–water partition coefficient (Wildman–Crippen LogP) is 5.30. The van der Waals surface area contributed by atoms with Crippen molar-refractivity contribution in [3.05, 3.63) is 59.3 Å². The number of nitrogens with zero attached hydrogens (tertiary/aromatic N) is 3. The molecule has 190 valence electrons. The maximum atomic E-state index is 15.0. The van der Waals surface area contributed by atoms with Gasteiger partial charge in [-0.05, 0) is 56.5 Å². The molecule has 0 aliphatic carbocycles. The van der Waals surface area contributed by atoms with Gasteiger partial charge in [0.25, 0.3) is 0 Å². The molecule has 2 aromatic carbocycles. The first-order valence-electron chi connectivity index (χ1n) is 12.7. The fourth-order valence-corrected chi connectivity index (χ4v) is 7.21. The molecule has 5 nitrogen and oxygen atoms in total. The summed E-state index contributed by atoms with van der Waals surface area (Å²) < 4.78 is 41.0. The lowest BCUT2D eigenvalue weighted by atomic mass is 9.87. The van der Waals surface area contributed by atoms with Crippen molar-refractivity contribution in [2.45, 2.75) is 49.8 Å². The van der Waals surface area contributed by atoms with E-state index in [-0.39, 0.29) is 24.7 Å². The zero-order chi connectivity index (χ0) is 25.2. The van der Waals surface area contributed by atoms with Gasteiger partial charge in [0.2, 0.25) is 0 Å².